The molecule has 20 rings (SSSR count). The summed E-state index contributed by atoms with van der Waals surface area (Å²) in [7, 11) is 8.90. The topological polar surface area (TPSA) is 346 Å². The third-order valence-corrected chi connectivity index (χ3v) is 20.0. The quantitative estimate of drug-likeness (QED) is 0.0351. The molecule has 120 heavy (non-hydrogen) atoms. The summed E-state index contributed by atoms with van der Waals surface area (Å²) < 4.78 is 44.7. The number of hydrogen-bond acceptors (Lipinski definition) is 24. The van der Waals surface area contributed by atoms with Crippen LogP contribution in [0.1, 0.15) is 28.3 Å². The number of H-pyrrole nitrogens is 4. The van der Waals surface area contributed by atoms with Crippen LogP contribution in [0.2, 0.25) is 0 Å². The molecule has 0 radical (unpaired) electrons. The fourth-order valence-electron chi connectivity index (χ4n) is 14.2. The Bertz CT molecular complexity index is 6800. The predicted molar refractivity (Wildman–Crippen MR) is 468 cm³/mol. The van der Waals surface area contributed by atoms with E-state index in [1.165, 1.54) is 43.5 Å². The van der Waals surface area contributed by atoms with E-state index in [-0.39, 0.29) is 11.6 Å². The van der Waals surface area contributed by atoms with E-state index in [1.807, 2.05) is 142 Å². The molecule has 30 heteroatoms. The molecule has 8 aromatic carbocycles. The van der Waals surface area contributed by atoms with Crippen molar-refractivity contribution >= 4 is 119 Å². The monoisotopic (exact) mass is 1590 g/mol. The molecular weight excluding hydrogens is 1520 g/mol. The lowest BCUT2D eigenvalue weighted by molar-refractivity contribution is 0.416. The Hall–Kier alpha value is -16.1. The summed E-state index contributed by atoms with van der Waals surface area (Å²) in [5.74, 6) is 3.85. The van der Waals surface area contributed by atoms with E-state index in [4.69, 9.17) is 14.2 Å². The van der Waals surface area contributed by atoms with E-state index in [9.17, 15) is 8.78 Å². The van der Waals surface area contributed by atoms with Gasteiger partial charge in [0, 0.05) is 19.7 Å². The second-order valence-corrected chi connectivity index (χ2v) is 27.6. The van der Waals surface area contributed by atoms with Gasteiger partial charge in [-0.1, -0.05) is 133 Å². The lowest BCUT2D eigenvalue weighted by Gasteiger charge is -2.20. The summed E-state index contributed by atoms with van der Waals surface area (Å²) in [6.07, 6.45) is 21.7. The number of aromatic nitrogens is 16. The number of fused-ring (bicyclic) bond motifs is 4. The van der Waals surface area contributed by atoms with Crippen LogP contribution in [0.15, 0.2) is 270 Å². The van der Waals surface area contributed by atoms with Crippen LogP contribution in [0, 0.1) is 18.6 Å². The summed E-state index contributed by atoms with van der Waals surface area (Å²) in [5.41, 5.74) is 21.4. The second kappa shape index (κ2) is 34.5. The minimum absolute atomic E-state index is 0.288. The maximum Gasteiger partial charge on any atom is 0.186 e. The molecule has 4 aliphatic heterocycles. The zero-order chi connectivity index (χ0) is 82.0. The molecule has 592 valence electrons. The molecule has 0 atom stereocenters. The SMILES string of the molecule is CN(C)c1ccc(-c2ccccc2)cc1Nc1ncnc2n[nH]c(C3=NCC=C3)c12.COc1cc(C)c(-c2ccccc2)cc1Nc1ncnc2n[nH]c(C3=NCC=C3)c12.COc1ccc(-c2cccc(F)c2)cc1Nc1ncnc2n[nH]c(C3=NCC=C3)c12.COc1ccc(-c2ccccc2F)cc1Nc1ncnc2n[nH]c(C3=NCC=C3)c12. The Morgan fingerprint density at radius 1 is 0.342 bits per heavy atom. The number of nitrogens with one attached hydrogen (secondary N) is 8. The van der Waals surface area contributed by atoms with Crippen molar-refractivity contribution < 1.29 is 23.0 Å². The minimum Gasteiger partial charge on any atom is -0.495 e. The summed E-state index contributed by atoms with van der Waals surface area (Å²) in [6.45, 7) is 4.69. The van der Waals surface area contributed by atoms with Crippen LogP contribution in [0.3, 0.4) is 0 Å². The van der Waals surface area contributed by atoms with Gasteiger partial charge in [-0.05, 0) is 142 Å². The van der Waals surface area contributed by atoms with Crippen molar-refractivity contribution in [1.29, 1.82) is 0 Å². The number of aryl methyl sites for hydroxylation is 1. The fraction of sp³-hybridized carbons (Fsp3) is 0.111. The van der Waals surface area contributed by atoms with E-state index >= 15 is 0 Å². The highest BCUT2D eigenvalue weighted by molar-refractivity contribution is 6.20. The third kappa shape index (κ3) is 16.1. The van der Waals surface area contributed by atoms with E-state index in [1.54, 1.807) is 51.7 Å². The molecule has 28 nitrogen and oxygen atoms in total. The second-order valence-electron chi connectivity index (χ2n) is 27.6. The van der Waals surface area contributed by atoms with Gasteiger partial charge < -0.3 is 40.4 Å². The molecular formula is C90H75F2N25O3. The van der Waals surface area contributed by atoms with Gasteiger partial charge in [0.05, 0.1) is 143 Å². The highest BCUT2D eigenvalue weighted by Crippen LogP contribution is 2.41. The van der Waals surface area contributed by atoms with Gasteiger partial charge in [-0.3, -0.25) is 40.4 Å². The molecule has 0 unspecified atom stereocenters. The van der Waals surface area contributed by atoms with Gasteiger partial charge in [-0.2, -0.15) is 20.4 Å². The number of anilines is 9. The molecule has 4 aliphatic rings. The van der Waals surface area contributed by atoms with Gasteiger partial charge in [0.2, 0.25) is 0 Å². The Balaban J connectivity index is 0.000000114. The maximum absolute atomic E-state index is 14.3. The number of ether oxygens (including phenoxy) is 3. The molecule has 16 aromatic rings. The minimum atomic E-state index is -0.291. The average molecular weight is 1590 g/mol. The van der Waals surface area contributed by atoms with Crippen LogP contribution in [0.4, 0.5) is 60.5 Å². The fourth-order valence-corrected chi connectivity index (χ4v) is 14.2. The predicted octanol–water partition coefficient (Wildman–Crippen LogP) is 17.2. The van der Waals surface area contributed by atoms with Crippen LogP contribution in [-0.4, -0.2) is 165 Å². The molecule has 0 fully saturated rings. The normalized spacial score (nSPS) is 12.9. The van der Waals surface area contributed by atoms with Crippen molar-refractivity contribution in [2.24, 2.45) is 20.0 Å². The Morgan fingerprint density at radius 2 is 0.717 bits per heavy atom. The van der Waals surface area contributed by atoms with Gasteiger partial charge in [-0.15, -0.1) is 0 Å². The molecule has 0 amide bonds. The van der Waals surface area contributed by atoms with Gasteiger partial charge in [-0.25, -0.2) is 48.7 Å². The Morgan fingerprint density at radius 3 is 1.14 bits per heavy atom. The first-order valence-corrected chi connectivity index (χ1v) is 38.1. The first-order chi connectivity index (χ1) is 58.9. The molecule has 0 saturated carbocycles. The number of aliphatic imine (C=N–C) groups is 4. The van der Waals surface area contributed by atoms with Crippen LogP contribution in [0.25, 0.3) is 88.6 Å². The van der Waals surface area contributed by atoms with Crippen LogP contribution >= 0.6 is 0 Å². The van der Waals surface area contributed by atoms with Crippen molar-refractivity contribution in [3.63, 3.8) is 0 Å². The Labute approximate surface area is 685 Å². The number of methoxy groups -OCH3 is 3. The molecule has 0 saturated heterocycles. The molecule has 12 heterocycles. The number of benzene rings is 8. The maximum atomic E-state index is 14.3. The highest BCUT2D eigenvalue weighted by atomic mass is 19.1. The van der Waals surface area contributed by atoms with E-state index < -0.39 is 0 Å². The van der Waals surface area contributed by atoms with Crippen LogP contribution in [0.5, 0.6) is 17.2 Å². The molecule has 0 bridgehead atoms. The lowest BCUT2D eigenvalue weighted by Crippen LogP contribution is -2.11. The van der Waals surface area contributed by atoms with Gasteiger partial charge in [0.25, 0.3) is 0 Å². The summed E-state index contributed by atoms with van der Waals surface area (Å²) >= 11 is 0. The van der Waals surface area contributed by atoms with Gasteiger partial charge in [0.1, 0.15) is 77.5 Å². The van der Waals surface area contributed by atoms with E-state index in [0.29, 0.717) is 100 Å². The Kier molecular flexibility index (Phi) is 22.0. The number of allylic oxidation sites excluding steroid dienone is 4. The number of nitrogens with zero attached hydrogens (tertiary/aromatic N) is 17. The first-order valence-electron chi connectivity index (χ1n) is 38.1. The molecule has 8 N–H and O–H groups in total. The third-order valence-electron chi connectivity index (χ3n) is 20.0. The highest BCUT2D eigenvalue weighted by Gasteiger charge is 2.25. The zero-order valence-corrected chi connectivity index (χ0v) is 65.6. The van der Waals surface area contributed by atoms with Gasteiger partial charge in [0.15, 0.2) is 22.6 Å². The smallest absolute Gasteiger partial charge is 0.186 e. The summed E-state index contributed by atoms with van der Waals surface area (Å²) in [4.78, 5) is 55.0. The van der Waals surface area contributed by atoms with Crippen molar-refractivity contribution in [1.82, 2.24) is 80.7 Å². The standard InChI is InChI=1S/C23H21N7.C23H20N6O.2C22H17FN6O/c1-30(2)19-11-10-16(15-7-4-3-5-8-15)13-18(19)27-22-20-21(17-9-6-12-24-17)28-29-23(20)26-14-25-22;1-14-11-19(30-2)18(12-16(14)15-7-4-3-5-8-15)27-22-20-21(17-9-6-10-24-17)28-29-23(20)26-13-25-22;1-30-18-8-7-14(13-4-2-5-15(23)10-13)11-17(18)27-21-19-20(16-6-3-9-24-16)28-29-22(19)26-12-25-21;1-30-18-9-8-13(14-5-2-3-6-15(14)23)11-17(18)27-21-19-20(16-7-4-10-24-16)28-29-22(19)26-12-25-21/h3-11,13-14H,12H2,1-2H3,(H2,25,26,27,28,29);3-9,11-13H,10H2,1-2H3,(H2,25,26,27,28,29);2-8,10-12H,9H2,1H3,(H2,25,26,27,28,29);2-9,11-12H,10H2,1H3,(H2,25,26,27,28,29). The van der Waals surface area contributed by atoms with Crippen LogP contribution < -0.4 is 40.4 Å². The molecule has 0 aliphatic carbocycles. The average Bonchev–Trinajstić information content (AvgIpc) is 1.63. The van der Waals surface area contributed by atoms with Crippen molar-refractivity contribution in [2.75, 3.05) is 87.8 Å². The van der Waals surface area contributed by atoms with Crippen molar-refractivity contribution in [2.45, 2.75) is 6.92 Å². The number of aromatic amines is 4. The lowest BCUT2D eigenvalue weighted by atomic mass is 9.99. The number of hydrogen-bond donors (Lipinski definition) is 8. The number of rotatable bonds is 20. The molecule has 8 aromatic heterocycles. The van der Waals surface area contributed by atoms with Gasteiger partial charge >= 0.3 is 0 Å². The summed E-state index contributed by atoms with van der Waals surface area (Å²) in [6, 6.07) is 55.3. The van der Waals surface area contributed by atoms with Crippen LogP contribution in [-0.2, 0) is 0 Å². The van der Waals surface area contributed by atoms with Crippen molar-refractivity contribution in [3.05, 3.63) is 290 Å². The largest absolute Gasteiger partial charge is 0.495 e. The van der Waals surface area contributed by atoms with E-state index in [2.05, 4.69) is 182 Å². The van der Waals surface area contributed by atoms with Crippen molar-refractivity contribution in [3.8, 4) is 61.8 Å². The molecule has 0 spiro atoms. The summed E-state index contributed by atoms with van der Waals surface area (Å²) in [5, 5.41) is 46.0. The van der Waals surface area contributed by atoms with E-state index in [0.717, 1.165) is 134 Å². The first kappa shape index (κ1) is 76.5. The zero-order valence-electron chi connectivity index (χ0n) is 65.6. The number of halogens is 2.